The van der Waals surface area contributed by atoms with Gasteiger partial charge >= 0.3 is 0 Å². The Hall–Kier alpha value is -1.26. The van der Waals surface area contributed by atoms with Gasteiger partial charge in [-0.15, -0.1) is 12.3 Å². The van der Waals surface area contributed by atoms with Crippen LogP contribution in [0, 0.1) is 12.3 Å². The Morgan fingerprint density at radius 1 is 1.36 bits per heavy atom. The molecule has 0 aliphatic carbocycles. The number of aliphatic hydroxyl groups excluding tert-OH is 1. The van der Waals surface area contributed by atoms with Gasteiger partial charge in [-0.25, -0.2) is 0 Å². The van der Waals surface area contributed by atoms with Gasteiger partial charge in [0.2, 0.25) is 0 Å². The maximum atomic E-state index is 9.54. The van der Waals surface area contributed by atoms with Crippen molar-refractivity contribution >= 4 is 0 Å². The molecule has 0 saturated carbocycles. The van der Waals surface area contributed by atoms with Crippen molar-refractivity contribution in [1.82, 2.24) is 0 Å². The second-order valence-electron chi connectivity index (χ2n) is 3.61. The topological polar surface area (TPSA) is 20.2 Å². The average Bonchev–Trinajstić information content (AvgIpc) is 2.19. The van der Waals surface area contributed by atoms with Gasteiger partial charge in [-0.3, -0.25) is 0 Å². The molecule has 74 valence electrons. The Labute approximate surface area is 85.8 Å². The van der Waals surface area contributed by atoms with E-state index in [1.54, 1.807) is 0 Å². The lowest BCUT2D eigenvalue weighted by Crippen LogP contribution is -2.09. The zero-order valence-electron chi connectivity index (χ0n) is 8.48. The molecule has 0 saturated heterocycles. The van der Waals surface area contributed by atoms with Crippen molar-refractivity contribution in [3.05, 3.63) is 35.9 Å². The molecule has 2 unspecified atom stereocenters. The molecule has 1 nitrogen and oxygen atoms in total. The van der Waals surface area contributed by atoms with E-state index in [0.717, 1.165) is 6.42 Å². The zero-order valence-corrected chi connectivity index (χ0v) is 8.48. The average molecular weight is 188 g/mol. The summed E-state index contributed by atoms with van der Waals surface area (Å²) < 4.78 is 0. The molecule has 0 radical (unpaired) electrons. The molecule has 1 rings (SSSR count). The first-order valence-corrected chi connectivity index (χ1v) is 4.90. The summed E-state index contributed by atoms with van der Waals surface area (Å²) in [4.78, 5) is 0. The van der Waals surface area contributed by atoms with Gasteiger partial charge in [-0.2, -0.15) is 0 Å². The van der Waals surface area contributed by atoms with Gasteiger partial charge in [0.15, 0.2) is 0 Å². The third-order valence-corrected chi connectivity index (χ3v) is 2.35. The summed E-state index contributed by atoms with van der Waals surface area (Å²) >= 11 is 0. The Morgan fingerprint density at radius 2 is 2.00 bits per heavy atom. The molecular weight excluding hydrogens is 172 g/mol. The first kappa shape index (κ1) is 10.8. The first-order valence-electron chi connectivity index (χ1n) is 4.90. The third-order valence-electron chi connectivity index (χ3n) is 2.35. The smallest absolute Gasteiger partial charge is 0.0655 e. The Morgan fingerprint density at radius 3 is 2.57 bits per heavy atom. The number of terminal acetylenes is 1. The Bertz CT molecular complexity index is 297. The second kappa shape index (κ2) is 5.47. The Kier molecular flexibility index (Phi) is 4.22. The van der Waals surface area contributed by atoms with Crippen LogP contribution in [0.3, 0.4) is 0 Å². The van der Waals surface area contributed by atoms with Gasteiger partial charge in [0.25, 0.3) is 0 Å². The van der Waals surface area contributed by atoms with Gasteiger partial charge in [-0.05, 0) is 17.9 Å². The molecule has 1 N–H and O–H groups in total. The number of hydrogen-bond donors (Lipinski definition) is 1. The summed E-state index contributed by atoms with van der Waals surface area (Å²) in [6, 6.07) is 10.2. The van der Waals surface area contributed by atoms with E-state index in [0.29, 0.717) is 12.3 Å². The molecule has 0 bridgehead atoms. The van der Waals surface area contributed by atoms with Crippen LogP contribution in [0.1, 0.15) is 31.2 Å². The molecular formula is C13H16O. The molecule has 0 heterocycles. The highest BCUT2D eigenvalue weighted by molar-refractivity contribution is 5.18. The van der Waals surface area contributed by atoms with E-state index in [2.05, 4.69) is 25.0 Å². The van der Waals surface area contributed by atoms with Gasteiger partial charge in [0, 0.05) is 6.42 Å². The highest BCUT2D eigenvalue weighted by Crippen LogP contribution is 2.20. The van der Waals surface area contributed by atoms with Crippen molar-refractivity contribution in [3.8, 4) is 12.3 Å². The summed E-state index contributed by atoms with van der Waals surface area (Å²) in [5.74, 6) is 2.83. The largest absolute Gasteiger partial charge is 0.392 e. The lowest BCUT2D eigenvalue weighted by atomic mass is 9.94. The van der Waals surface area contributed by atoms with Crippen molar-refractivity contribution in [2.24, 2.45) is 0 Å². The summed E-state index contributed by atoms with van der Waals surface area (Å²) in [5.41, 5.74) is 1.25. The van der Waals surface area contributed by atoms with Gasteiger partial charge in [-0.1, -0.05) is 37.3 Å². The standard InChI is InChI=1S/C13H16O/c1-3-7-13(14)10-11(2)12-8-5-4-6-9-12/h1,4-6,8-9,11,13-14H,7,10H2,2H3. The van der Waals surface area contributed by atoms with Crippen LogP contribution in [-0.4, -0.2) is 11.2 Å². The number of hydrogen-bond acceptors (Lipinski definition) is 1. The molecule has 1 aromatic rings. The highest BCUT2D eigenvalue weighted by atomic mass is 16.3. The molecule has 14 heavy (non-hydrogen) atoms. The SMILES string of the molecule is C#CCC(O)CC(C)c1ccccc1. The predicted molar refractivity (Wildman–Crippen MR) is 58.9 cm³/mol. The highest BCUT2D eigenvalue weighted by Gasteiger charge is 2.10. The molecule has 0 aliphatic heterocycles. The quantitative estimate of drug-likeness (QED) is 0.720. The van der Waals surface area contributed by atoms with Crippen LogP contribution in [0.15, 0.2) is 30.3 Å². The normalized spacial score (nSPS) is 14.4. The van der Waals surface area contributed by atoms with E-state index in [1.807, 2.05) is 18.2 Å². The van der Waals surface area contributed by atoms with Crippen LogP contribution >= 0.6 is 0 Å². The minimum Gasteiger partial charge on any atom is -0.392 e. The van der Waals surface area contributed by atoms with Crippen molar-refractivity contribution in [1.29, 1.82) is 0 Å². The fraction of sp³-hybridized carbons (Fsp3) is 0.385. The fourth-order valence-electron chi connectivity index (χ4n) is 1.55. The van der Waals surface area contributed by atoms with Crippen LogP contribution in [-0.2, 0) is 0 Å². The van der Waals surface area contributed by atoms with E-state index in [-0.39, 0.29) is 6.10 Å². The van der Waals surface area contributed by atoms with Gasteiger partial charge in [0.1, 0.15) is 0 Å². The van der Waals surface area contributed by atoms with Crippen LogP contribution < -0.4 is 0 Å². The molecule has 0 fully saturated rings. The second-order valence-corrected chi connectivity index (χ2v) is 3.61. The van der Waals surface area contributed by atoms with E-state index in [4.69, 9.17) is 6.42 Å². The number of benzene rings is 1. The third kappa shape index (κ3) is 3.24. The van der Waals surface area contributed by atoms with E-state index >= 15 is 0 Å². The van der Waals surface area contributed by atoms with Crippen LogP contribution in [0.2, 0.25) is 0 Å². The molecule has 1 heteroatoms. The fourth-order valence-corrected chi connectivity index (χ4v) is 1.55. The maximum absolute atomic E-state index is 9.54. The predicted octanol–water partition coefficient (Wildman–Crippen LogP) is 2.56. The van der Waals surface area contributed by atoms with Crippen LogP contribution in [0.4, 0.5) is 0 Å². The van der Waals surface area contributed by atoms with E-state index in [9.17, 15) is 5.11 Å². The molecule has 2 atom stereocenters. The van der Waals surface area contributed by atoms with Crippen molar-refractivity contribution in [2.75, 3.05) is 0 Å². The molecule has 1 aromatic carbocycles. The summed E-state index contributed by atoms with van der Waals surface area (Å²) in [7, 11) is 0. The van der Waals surface area contributed by atoms with E-state index in [1.165, 1.54) is 5.56 Å². The minimum absolute atomic E-state index is 0.361. The summed E-state index contributed by atoms with van der Waals surface area (Å²) in [6.45, 7) is 2.11. The van der Waals surface area contributed by atoms with Gasteiger partial charge in [0.05, 0.1) is 6.10 Å². The van der Waals surface area contributed by atoms with Crippen LogP contribution in [0.25, 0.3) is 0 Å². The number of rotatable bonds is 4. The Balaban J connectivity index is 2.51. The molecule has 0 amide bonds. The lowest BCUT2D eigenvalue weighted by Gasteiger charge is -2.14. The van der Waals surface area contributed by atoms with Crippen molar-refractivity contribution < 1.29 is 5.11 Å². The summed E-state index contributed by atoms with van der Waals surface area (Å²) in [5, 5.41) is 9.54. The van der Waals surface area contributed by atoms with Crippen molar-refractivity contribution in [3.63, 3.8) is 0 Å². The van der Waals surface area contributed by atoms with Crippen LogP contribution in [0.5, 0.6) is 0 Å². The lowest BCUT2D eigenvalue weighted by molar-refractivity contribution is 0.162. The summed E-state index contributed by atoms with van der Waals surface area (Å²) in [6.07, 6.45) is 5.93. The molecule has 0 aromatic heterocycles. The van der Waals surface area contributed by atoms with Crippen molar-refractivity contribution in [2.45, 2.75) is 31.8 Å². The van der Waals surface area contributed by atoms with E-state index < -0.39 is 0 Å². The number of aliphatic hydroxyl groups is 1. The van der Waals surface area contributed by atoms with Gasteiger partial charge < -0.3 is 5.11 Å². The maximum Gasteiger partial charge on any atom is 0.0655 e. The monoisotopic (exact) mass is 188 g/mol. The first-order chi connectivity index (χ1) is 6.74. The minimum atomic E-state index is -0.379. The zero-order chi connectivity index (χ0) is 10.4. The molecule has 0 aliphatic rings. The molecule has 0 spiro atoms.